The molecule has 2 aliphatic heterocycles. The molecule has 0 aromatic carbocycles. The number of aromatic nitrogens is 1. The SMILES string of the molecule is CC(C)(C)c1cc(NC(=O)CN2CCC3NCCC3C2)on1. The molecule has 3 rings (SSSR count). The lowest BCUT2D eigenvalue weighted by Crippen LogP contribution is -2.46. The van der Waals surface area contributed by atoms with Gasteiger partial charge in [0.05, 0.1) is 12.2 Å². The summed E-state index contributed by atoms with van der Waals surface area (Å²) in [5.41, 5.74) is 0.768. The van der Waals surface area contributed by atoms with E-state index in [1.807, 2.05) is 6.07 Å². The highest BCUT2D eigenvalue weighted by molar-refractivity contribution is 5.91. The molecule has 0 bridgehead atoms. The normalized spacial score (nSPS) is 26.0. The van der Waals surface area contributed by atoms with E-state index in [2.05, 4.69) is 41.5 Å². The van der Waals surface area contributed by atoms with Crippen LogP contribution in [0, 0.1) is 5.92 Å². The Bertz CT molecular complexity index is 534. The van der Waals surface area contributed by atoms with Crippen LogP contribution < -0.4 is 10.6 Å². The number of anilines is 1. The molecule has 1 aromatic rings. The van der Waals surface area contributed by atoms with Gasteiger partial charge < -0.3 is 9.84 Å². The van der Waals surface area contributed by atoms with E-state index in [1.54, 1.807) is 0 Å². The van der Waals surface area contributed by atoms with Crippen molar-refractivity contribution in [1.29, 1.82) is 0 Å². The molecular weight excluding hydrogens is 280 g/mol. The van der Waals surface area contributed by atoms with Crippen LogP contribution in [0.2, 0.25) is 0 Å². The molecule has 2 saturated heterocycles. The van der Waals surface area contributed by atoms with Crippen LogP contribution >= 0.6 is 0 Å². The average molecular weight is 306 g/mol. The first-order chi connectivity index (χ1) is 10.4. The Morgan fingerprint density at radius 2 is 2.32 bits per heavy atom. The van der Waals surface area contributed by atoms with E-state index >= 15 is 0 Å². The molecule has 0 radical (unpaired) electrons. The van der Waals surface area contributed by atoms with Crippen LogP contribution in [0.5, 0.6) is 0 Å². The van der Waals surface area contributed by atoms with E-state index in [-0.39, 0.29) is 11.3 Å². The minimum absolute atomic E-state index is 0.0268. The molecule has 122 valence electrons. The zero-order valence-corrected chi connectivity index (χ0v) is 13.7. The van der Waals surface area contributed by atoms with Crippen molar-refractivity contribution in [1.82, 2.24) is 15.4 Å². The van der Waals surface area contributed by atoms with Crippen LogP contribution in [0.15, 0.2) is 10.6 Å². The lowest BCUT2D eigenvalue weighted by atomic mass is 9.92. The van der Waals surface area contributed by atoms with Crippen molar-refractivity contribution in [2.24, 2.45) is 5.92 Å². The first kappa shape index (κ1) is 15.5. The second kappa shape index (κ2) is 6.01. The van der Waals surface area contributed by atoms with Gasteiger partial charge in [0, 0.05) is 30.6 Å². The van der Waals surface area contributed by atoms with Crippen molar-refractivity contribution < 1.29 is 9.32 Å². The molecule has 6 heteroatoms. The Hall–Kier alpha value is -1.40. The van der Waals surface area contributed by atoms with Crippen LogP contribution in [0.3, 0.4) is 0 Å². The maximum atomic E-state index is 12.2. The molecule has 2 aliphatic rings. The highest BCUT2D eigenvalue weighted by atomic mass is 16.5. The van der Waals surface area contributed by atoms with E-state index in [4.69, 9.17) is 4.52 Å². The maximum absolute atomic E-state index is 12.2. The minimum Gasteiger partial charge on any atom is -0.338 e. The lowest BCUT2D eigenvalue weighted by molar-refractivity contribution is -0.117. The van der Waals surface area contributed by atoms with Gasteiger partial charge in [0.1, 0.15) is 0 Å². The van der Waals surface area contributed by atoms with E-state index < -0.39 is 0 Å². The number of piperidine rings is 1. The Morgan fingerprint density at radius 1 is 1.50 bits per heavy atom. The maximum Gasteiger partial charge on any atom is 0.240 e. The van der Waals surface area contributed by atoms with Crippen LogP contribution in [0.4, 0.5) is 5.88 Å². The van der Waals surface area contributed by atoms with Crippen LogP contribution in [0.1, 0.15) is 39.3 Å². The van der Waals surface area contributed by atoms with Gasteiger partial charge in [-0.15, -0.1) is 0 Å². The lowest BCUT2D eigenvalue weighted by Gasteiger charge is -2.34. The molecule has 22 heavy (non-hydrogen) atoms. The summed E-state index contributed by atoms with van der Waals surface area (Å²) >= 11 is 0. The number of rotatable bonds is 3. The topological polar surface area (TPSA) is 70.4 Å². The third-order valence-electron chi connectivity index (χ3n) is 4.65. The summed E-state index contributed by atoms with van der Waals surface area (Å²) < 4.78 is 5.21. The monoisotopic (exact) mass is 306 g/mol. The fraction of sp³-hybridized carbons (Fsp3) is 0.750. The quantitative estimate of drug-likeness (QED) is 0.887. The zero-order chi connectivity index (χ0) is 15.7. The fourth-order valence-corrected chi connectivity index (χ4v) is 3.33. The Balaban J connectivity index is 1.51. The van der Waals surface area contributed by atoms with Crippen molar-refractivity contribution in [3.05, 3.63) is 11.8 Å². The number of carbonyl (C=O) groups excluding carboxylic acids is 1. The minimum atomic E-state index is -0.0795. The van der Waals surface area contributed by atoms with E-state index in [1.165, 1.54) is 6.42 Å². The molecule has 0 aliphatic carbocycles. The molecule has 2 N–H and O–H groups in total. The zero-order valence-electron chi connectivity index (χ0n) is 13.7. The highest BCUT2D eigenvalue weighted by Gasteiger charge is 2.33. The van der Waals surface area contributed by atoms with Gasteiger partial charge in [-0.2, -0.15) is 0 Å². The largest absolute Gasteiger partial charge is 0.338 e. The smallest absolute Gasteiger partial charge is 0.240 e. The molecule has 6 nitrogen and oxygen atoms in total. The molecular formula is C16H26N4O2. The van der Waals surface area contributed by atoms with Crippen LogP contribution in [-0.4, -0.2) is 48.2 Å². The summed E-state index contributed by atoms with van der Waals surface area (Å²) in [5, 5.41) is 10.4. The van der Waals surface area contributed by atoms with Gasteiger partial charge in [-0.05, 0) is 25.3 Å². The summed E-state index contributed by atoms with van der Waals surface area (Å²) in [6.07, 6.45) is 2.36. The molecule has 0 saturated carbocycles. The highest BCUT2D eigenvalue weighted by Crippen LogP contribution is 2.25. The summed E-state index contributed by atoms with van der Waals surface area (Å²) in [6.45, 7) is 9.72. The standard InChI is InChI=1S/C16H26N4O2/c1-16(2,3)13-8-15(22-19-13)18-14(21)10-20-7-5-12-11(9-20)4-6-17-12/h8,11-12,17H,4-7,9-10H2,1-3H3,(H,18,21). The van der Waals surface area contributed by atoms with Crippen molar-refractivity contribution in [3.63, 3.8) is 0 Å². The van der Waals surface area contributed by atoms with Crippen molar-refractivity contribution in [2.45, 2.75) is 45.1 Å². The number of nitrogens with zero attached hydrogens (tertiary/aromatic N) is 2. The predicted molar refractivity (Wildman–Crippen MR) is 84.8 cm³/mol. The van der Waals surface area contributed by atoms with E-state index in [0.717, 1.165) is 31.7 Å². The number of nitrogens with one attached hydrogen (secondary N) is 2. The number of likely N-dealkylation sites (tertiary alicyclic amines) is 1. The second-order valence-electron chi connectivity index (χ2n) is 7.51. The predicted octanol–water partition coefficient (Wildman–Crippen LogP) is 1.59. The molecule has 3 heterocycles. The summed E-state index contributed by atoms with van der Waals surface area (Å²) in [6, 6.07) is 2.47. The van der Waals surface area contributed by atoms with Gasteiger partial charge in [-0.1, -0.05) is 25.9 Å². The Labute approximate surface area is 131 Å². The first-order valence-corrected chi connectivity index (χ1v) is 8.14. The van der Waals surface area contributed by atoms with Gasteiger partial charge >= 0.3 is 0 Å². The number of hydrogen-bond donors (Lipinski definition) is 2. The van der Waals surface area contributed by atoms with E-state index in [9.17, 15) is 4.79 Å². The molecule has 2 fully saturated rings. The van der Waals surface area contributed by atoms with Gasteiger partial charge in [0.25, 0.3) is 0 Å². The van der Waals surface area contributed by atoms with Gasteiger partial charge in [0.2, 0.25) is 11.8 Å². The fourth-order valence-electron chi connectivity index (χ4n) is 3.33. The summed E-state index contributed by atoms with van der Waals surface area (Å²) in [4.78, 5) is 14.4. The average Bonchev–Trinajstić information content (AvgIpc) is 3.05. The van der Waals surface area contributed by atoms with Crippen LogP contribution in [0.25, 0.3) is 0 Å². The number of carbonyl (C=O) groups is 1. The Morgan fingerprint density at radius 3 is 3.05 bits per heavy atom. The Kier molecular flexibility index (Phi) is 4.23. The molecule has 0 spiro atoms. The summed E-state index contributed by atoms with van der Waals surface area (Å²) in [5.74, 6) is 1.10. The molecule has 1 amide bonds. The third-order valence-corrected chi connectivity index (χ3v) is 4.65. The van der Waals surface area contributed by atoms with E-state index in [0.29, 0.717) is 24.4 Å². The van der Waals surface area contributed by atoms with Gasteiger partial charge in [-0.3, -0.25) is 15.0 Å². The summed E-state index contributed by atoms with van der Waals surface area (Å²) in [7, 11) is 0. The molecule has 2 atom stereocenters. The third kappa shape index (κ3) is 3.50. The van der Waals surface area contributed by atoms with Crippen molar-refractivity contribution >= 4 is 11.8 Å². The first-order valence-electron chi connectivity index (χ1n) is 8.14. The molecule has 2 unspecified atom stereocenters. The number of hydrogen-bond acceptors (Lipinski definition) is 5. The number of amides is 1. The molecule has 1 aromatic heterocycles. The number of fused-ring (bicyclic) bond motifs is 1. The van der Waals surface area contributed by atoms with Crippen LogP contribution in [-0.2, 0) is 10.2 Å². The van der Waals surface area contributed by atoms with Gasteiger partial charge in [-0.25, -0.2) is 0 Å². The van der Waals surface area contributed by atoms with Gasteiger partial charge in [0.15, 0.2) is 0 Å². The second-order valence-corrected chi connectivity index (χ2v) is 7.51. The van der Waals surface area contributed by atoms with Crippen molar-refractivity contribution in [3.8, 4) is 0 Å². The van der Waals surface area contributed by atoms with Crippen molar-refractivity contribution in [2.75, 3.05) is 31.5 Å².